The van der Waals surface area contributed by atoms with Gasteiger partial charge in [0.05, 0.1) is 0 Å². The molecule has 118 valence electrons. The summed E-state index contributed by atoms with van der Waals surface area (Å²) in [6, 6.07) is 8.01. The molecule has 1 aromatic carbocycles. The Morgan fingerprint density at radius 1 is 1.30 bits per heavy atom. The van der Waals surface area contributed by atoms with E-state index in [1.165, 1.54) is 11.3 Å². The van der Waals surface area contributed by atoms with E-state index in [0.717, 1.165) is 26.7 Å². The quantitative estimate of drug-likeness (QED) is 0.744. The third-order valence-electron chi connectivity index (χ3n) is 3.23. The van der Waals surface area contributed by atoms with Crippen molar-refractivity contribution in [3.8, 4) is 10.6 Å². The van der Waals surface area contributed by atoms with Gasteiger partial charge in [-0.3, -0.25) is 4.79 Å². The number of nitrogens with one attached hydrogen (secondary N) is 1. The third-order valence-corrected chi connectivity index (χ3v) is 5.32. The lowest BCUT2D eigenvalue weighted by atomic mass is 10.1. The van der Waals surface area contributed by atoms with E-state index in [4.69, 9.17) is 11.6 Å². The second-order valence-corrected chi connectivity index (χ2v) is 7.69. The number of carbonyl (C=O) groups excluding carboxylic acids is 1. The molecule has 0 aliphatic heterocycles. The van der Waals surface area contributed by atoms with Crippen LogP contribution in [0.1, 0.15) is 26.6 Å². The highest BCUT2D eigenvalue weighted by Crippen LogP contribution is 2.24. The molecule has 0 atom stereocenters. The first kappa shape index (κ1) is 16.1. The summed E-state index contributed by atoms with van der Waals surface area (Å²) in [5.74, 6) is -0.207. The number of aromatic nitrogens is 2. The van der Waals surface area contributed by atoms with Crippen LogP contribution in [0.5, 0.6) is 0 Å². The van der Waals surface area contributed by atoms with Crippen LogP contribution in [-0.2, 0) is 6.54 Å². The van der Waals surface area contributed by atoms with Gasteiger partial charge in [0, 0.05) is 28.1 Å². The van der Waals surface area contributed by atoms with E-state index in [-0.39, 0.29) is 5.91 Å². The highest BCUT2D eigenvalue weighted by Gasteiger charge is 2.14. The van der Waals surface area contributed by atoms with Crippen LogP contribution in [0.3, 0.4) is 0 Å². The number of aryl methyl sites for hydroxylation is 2. The Bertz CT molecular complexity index is 857. The zero-order chi connectivity index (χ0) is 16.4. The summed E-state index contributed by atoms with van der Waals surface area (Å²) < 4.78 is 0.383. The molecule has 23 heavy (non-hydrogen) atoms. The Labute approximate surface area is 147 Å². The van der Waals surface area contributed by atoms with E-state index in [1.807, 2.05) is 43.5 Å². The van der Waals surface area contributed by atoms with Crippen molar-refractivity contribution in [2.24, 2.45) is 0 Å². The molecular weight excluding hydrogens is 350 g/mol. The summed E-state index contributed by atoms with van der Waals surface area (Å²) in [5.41, 5.74) is 3.48. The van der Waals surface area contributed by atoms with Gasteiger partial charge in [0.1, 0.15) is 10.7 Å². The molecule has 4 nitrogen and oxygen atoms in total. The molecule has 0 radical (unpaired) electrons. The fourth-order valence-corrected chi connectivity index (χ4v) is 3.99. The Morgan fingerprint density at radius 2 is 2.13 bits per heavy atom. The molecule has 2 heterocycles. The smallest absolute Gasteiger partial charge is 0.271 e. The average Bonchev–Trinajstić information content (AvgIpc) is 3.10. The zero-order valence-corrected chi connectivity index (χ0v) is 15.0. The number of thiazole rings is 2. The van der Waals surface area contributed by atoms with Crippen molar-refractivity contribution in [3.05, 3.63) is 55.9 Å². The van der Waals surface area contributed by atoms with Crippen LogP contribution in [0.2, 0.25) is 4.47 Å². The van der Waals surface area contributed by atoms with Crippen LogP contribution >= 0.6 is 34.3 Å². The van der Waals surface area contributed by atoms with Gasteiger partial charge in [-0.25, -0.2) is 9.97 Å². The van der Waals surface area contributed by atoms with Crippen molar-refractivity contribution in [3.63, 3.8) is 0 Å². The third kappa shape index (κ3) is 3.77. The number of hydrogen-bond acceptors (Lipinski definition) is 5. The highest BCUT2D eigenvalue weighted by molar-refractivity contribution is 7.16. The Balaban J connectivity index is 1.71. The first-order chi connectivity index (χ1) is 11.0. The Hall–Kier alpha value is -1.76. The number of amides is 1. The van der Waals surface area contributed by atoms with Gasteiger partial charge < -0.3 is 5.32 Å². The first-order valence-corrected chi connectivity index (χ1v) is 9.03. The largest absolute Gasteiger partial charge is 0.347 e. The molecule has 0 fully saturated rings. The minimum Gasteiger partial charge on any atom is -0.347 e. The van der Waals surface area contributed by atoms with E-state index < -0.39 is 0 Å². The van der Waals surface area contributed by atoms with Crippen molar-refractivity contribution in [2.45, 2.75) is 20.4 Å². The second kappa shape index (κ2) is 6.78. The van der Waals surface area contributed by atoms with Crippen LogP contribution in [0.15, 0.2) is 29.6 Å². The zero-order valence-electron chi connectivity index (χ0n) is 12.6. The van der Waals surface area contributed by atoms with Crippen LogP contribution in [-0.4, -0.2) is 15.9 Å². The van der Waals surface area contributed by atoms with E-state index in [1.54, 1.807) is 11.3 Å². The van der Waals surface area contributed by atoms with Gasteiger partial charge in [-0.2, -0.15) is 0 Å². The van der Waals surface area contributed by atoms with Gasteiger partial charge in [-0.1, -0.05) is 29.8 Å². The lowest BCUT2D eigenvalue weighted by Crippen LogP contribution is -2.23. The molecule has 0 spiro atoms. The molecule has 0 saturated carbocycles. The molecule has 0 unspecified atom stereocenters. The molecule has 0 saturated heterocycles. The molecule has 2 aromatic heterocycles. The molecule has 7 heteroatoms. The second-order valence-electron chi connectivity index (χ2n) is 5.05. The summed E-state index contributed by atoms with van der Waals surface area (Å²) in [6.45, 7) is 4.25. The minimum absolute atomic E-state index is 0.207. The molecule has 3 rings (SSSR count). The maximum atomic E-state index is 12.2. The number of halogens is 1. The van der Waals surface area contributed by atoms with Gasteiger partial charge in [0.25, 0.3) is 5.91 Å². The van der Waals surface area contributed by atoms with Gasteiger partial charge >= 0.3 is 0 Å². The maximum Gasteiger partial charge on any atom is 0.271 e. The van der Waals surface area contributed by atoms with Crippen molar-refractivity contribution in [1.29, 1.82) is 0 Å². The van der Waals surface area contributed by atoms with E-state index in [2.05, 4.69) is 15.3 Å². The number of benzene rings is 1. The molecule has 1 N–H and O–H groups in total. The maximum absolute atomic E-state index is 12.2. The lowest BCUT2D eigenvalue weighted by Gasteiger charge is -2.06. The van der Waals surface area contributed by atoms with Gasteiger partial charge in [-0.05, 0) is 25.5 Å². The van der Waals surface area contributed by atoms with Crippen molar-refractivity contribution in [1.82, 2.24) is 15.3 Å². The van der Waals surface area contributed by atoms with Crippen molar-refractivity contribution in [2.75, 3.05) is 0 Å². The van der Waals surface area contributed by atoms with Crippen LogP contribution < -0.4 is 5.32 Å². The SMILES string of the molecule is Cc1csc(-c2cccc(CNC(=O)c3nc(Cl)sc3C)c2)n1. The van der Waals surface area contributed by atoms with Gasteiger partial charge in [-0.15, -0.1) is 22.7 Å². The summed E-state index contributed by atoms with van der Waals surface area (Å²) in [6.07, 6.45) is 0. The standard InChI is InChI=1S/C16H14ClN3OS2/c1-9-8-22-15(19-9)12-5-3-4-11(6-12)7-18-14(21)13-10(2)23-16(17)20-13/h3-6,8H,7H2,1-2H3,(H,18,21). The fraction of sp³-hybridized carbons (Fsp3) is 0.188. The van der Waals surface area contributed by atoms with Crippen molar-refractivity contribution < 1.29 is 4.79 Å². The van der Waals surface area contributed by atoms with Crippen LogP contribution in [0, 0.1) is 13.8 Å². The Kier molecular flexibility index (Phi) is 4.75. The predicted molar refractivity (Wildman–Crippen MR) is 95.3 cm³/mol. The van der Waals surface area contributed by atoms with Crippen LogP contribution in [0.25, 0.3) is 10.6 Å². The molecule has 3 aromatic rings. The molecule has 1 amide bonds. The molecule has 0 bridgehead atoms. The minimum atomic E-state index is -0.207. The summed E-state index contributed by atoms with van der Waals surface area (Å²) >= 11 is 8.76. The van der Waals surface area contributed by atoms with Gasteiger partial charge in [0.2, 0.25) is 0 Å². The van der Waals surface area contributed by atoms with Crippen LogP contribution in [0.4, 0.5) is 0 Å². The number of hydrogen-bond donors (Lipinski definition) is 1. The number of rotatable bonds is 4. The lowest BCUT2D eigenvalue weighted by molar-refractivity contribution is 0.0946. The predicted octanol–water partition coefficient (Wildman–Crippen LogP) is 4.47. The van der Waals surface area contributed by atoms with E-state index in [0.29, 0.717) is 16.7 Å². The summed E-state index contributed by atoms with van der Waals surface area (Å²) in [4.78, 5) is 21.5. The fourth-order valence-electron chi connectivity index (χ4n) is 2.14. The first-order valence-electron chi connectivity index (χ1n) is 6.95. The number of nitrogens with zero attached hydrogens (tertiary/aromatic N) is 2. The van der Waals surface area contributed by atoms with E-state index in [9.17, 15) is 4.79 Å². The van der Waals surface area contributed by atoms with E-state index >= 15 is 0 Å². The van der Waals surface area contributed by atoms with Crippen molar-refractivity contribution >= 4 is 40.2 Å². The molecule has 0 aliphatic carbocycles. The highest BCUT2D eigenvalue weighted by atomic mass is 35.5. The summed E-state index contributed by atoms with van der Waals surface area (Å²) in [5, 5.41) is 5.89. The average molecular weight is 364 g/mol. The number of carbonyl (C=O) groups is 1. The monoisotopic (exact) mass is 363 g/mol. The topological polar surface area (TPSA) is 54.9 Å². The summed E-state index contributed by atoms with van der Waals surface area (Å²) in [7, 11) is 0. The molecule has 0 aliphatic rings. The Morgan fingerprint density at radius 3 is 2.78 bits per heavy atom. The normalized spacial score (nSPS) is 10.7. The molecular formula is C16H14ClN3OS2. The van der Waals surface area contributed by atoms with Gasteiger partial charge in [0.15, 0.2) is 4.47 Å².